The average Bonchev–Trinajstić information content (AvgIpc) is 3.60. The molecule has 7 heteroatoms. The summed E-state index contributed by atoms with van der Waals surface area (Å²) in [5, 5.41) is 11.6. The van der Waals surface area contributed by atoms with Crippen molar-refractivity contribution in [1.29, 1.82) is 0 Å². The van der Waals surface area contributed by atoms with Crippen molar-refractivity contribution >= 4 is 17.6 Å². The normalized spacial score (nSPS) is 17.0. The summed E-state index contributed by atoms with van der Waals surface area (Å²) < 4.78 is 41.0. The molecule has 0 unspecified atom stereocenters. The molecule has 0 aliphatic heterocycles. The van der Waals surface area contributed by atoms with E-state index in [9.17, 15) is 27.9 Å². The number of benzene rings is 3. The van der Waals surface area contributed by atoms with Crippen LogP contribution in [0.2, 0.25) is 0 Å². The first-order valence-electron chi connectivity index (χ1n) is 11.9. The number of aliphatic carboxylic acids is 1. The van der Waals surface area contributed by atoms with Crippen molar-refractivity contribution in [3.63, 3.8) is 0 Å². The van der Waals surface area contributed by atoms with Crippen LogP contribution in [0, 0.1) is 19.8 Å². The molecule has 2 N–H and O–H groups in total. The molecule has 1 saturated carbocycles. The lowest BCUT2D eigenvalue weighted by Crippen LogP contribution is -2.19. The van der Waals surface area contributed by atoms with Crippen LogP contribution in [-0.2, 0) is 23.8 Å². The molecule has 1 amide bonds. The van der Waals surface area contributed by atoms with Gasteiger partial charge < -0.3 is 10.4 Å². The molecule has 0 spiro atoms. The Hall–Kier alpha value is -3.61. The lowest BCUT2D eigenvalue weighted by Gasteiger charge is -2.17. The second-order valence-corrected chi connectivity index (χ2v) is 9.49. The van der Waals surface area contributed by atoms with Crippen molar-refractivity contribution in [3.05, 3.63) is 99.6 Å². The van der Waals surface area contributed by atoms with Crippen molar-refractivity contribution in [2.75, 3.05) is 5.32 Å². The molecule has 36 heavy (non-hydrogen) atoms. The minimum absolute atomic E-state index is 0.343. The van der Waals surface area contributed by atoms with Gasteiger partial charge in [-0.25, -0.2) is 0 Å². The van der Waals surface area contributed by atoms with Gasteiger partial charge in [0.25, 0.3) is 5.91 Å². The lowest BCUT2D eigenvalue weighted by molar-refractivity contribution is -0.139. The smallest absolute Gasteiger partial charge is 0.418 e. The van der Waals surface area contributed by atoms with Crippen molar-refractivity contribution in [1.82, 2.24) is 0 Å². The van der Waals surface area contributed by atoms with Crippen LogP contribution >= 0.6 is 0 Å². The number of amides is 1. The summed E-state index contributed by atoms with van der Waals surface area (Å²) in [6.07, 6.45) is -1.59. The zero-order valence-electron chi connectivity index (χ0n) is 20.2. The zero-order chi connectivity index (χ0) is 26.0. The van der Waals surface area contributed by atoms with Gasteiger partial charge in [-0.1, -0.05) is 48.5 Å². The number of carbonyl (C=O) groups excluding carboxylic acids is 1. The van der Waals surface area contributed by atoms with Crippen LogP contribution in [0.5, 0.6) is 0 Å². The number of carbonyl (C=O) groups is 2. The highest BCUT2D eigenvalue weighted by atomic mass is 19.4. The highest BCUT2D eigenvalue weighted by Crippen LogP contribution is 2.49. The van der Waals surface area contributed by atoms with Crippen LogP contribution in [0.4, 0.5) is 18.9 Å². The number of hydrogen-bond acceptors (Lipinski definition) is 2. The molecule has 0 heterocycles. The fourth-order valence-electron chi connectivity index (χ4n) is 4.86. The molecule has 3 aromatic carbocycles. The van der Waals surface area contributed by atoms with Gasteiger partial charge in [0.05, 0.1) is 17.2 Å². The number of anilines is 1. The molecular weight excluding hydrogens is 467 g/mol. The van der Waals surface area contributed by atoms with Crippen LogP contribution in [0.15, 0.2) is 60.7 Å². The molecule has 188 valence electrons. The Morgan fingerprint density at radius 1 is 0.944 bits per heavy atom. The number of carboxylic acids is 1. The van der Waals surface area contributed by atoms with Crippen LogP contribution in [0.25, 0.3) is 0 Å². The molecule has 4 nitrogen and oxygen atoms in total. The summed E-state index contributed by atoms with van der Waals surface area (Å²) in [6.45, 7) is 3.57. The van der Waals surface area contributed by atoms with Gasteiger partial charge in [0.15, 0.2) is 0 Å². The van der Waals surface area contributed by atoms with Crippen molar-refractivity contribution in [2.24, 2.45) is 5.92 Å². The Balaban J connectivity index is 1.52. The highest BCUT2D eigenvalue weighted by Gasteiger charge is 2.45. The molecule has 1 fully saturated rings. The number of aryl methyl sites for hydroxylation is 4. The van der Waals surface area contributed by atoms with E-state index >= 15 is 0 Å². The van der Waals surface area contributed by atoms with E-state index in [0.29, 0.717) is 28.7 Å². The van der Waals surface area contributed by atoms with E-state index in [2.05, 4.69) is 17.4 Å². The molecular formula is C29H28F3NO3. The van der Waals surface area contributed by atoms with E-state index < -0.39 is 29.5 Å². The number of carboxylic acid groups (broad SMARTS) is 1. The van der Waals surface area contributed by atoms with Gasteiger partial charge in [0.2, 0.25) is 0 Å². The quantitative estimate of drug-likeness (QED) is 0.356. The van der Waals surface area contributed by atoms with Crippen LogP contribution < -0.4 is 5.32 Å². The first kappa shape index (κ1) is 25.5. The summed E-state index contributed by atoms with van der Waals surface area (Å²) >= 11 is 0. The number of hydrogen-bond donors (Lipinski definition) is 2. The summed E-state index contributed by atoms with van der Waals surface area (Å²) in [5.74, 6) is -2.54. The van der Waals surface area contributed by atoms with E-state index in [1.54, 1.807) is 13.8 Å². The maximum absolute atomic E-state index is 13.7. The SMILES string of the molecule is Cc1cc(CCCc2ccccc2)cc(C)c1C(=O)Nc1cc([C@H]2C[C@H]2C(=O)O)ccc1C(F)(F)F. The Labute approximate surface area is 208 Å². The topological polar surface area (TPSA) is 66.4 Å². The lowest BCUT2D eigenvalue weighted by atomic mass is 9.95. The van der Waals surface area contributed by atoms with Crippen LogP contribution in [0.1, 0.15) is 62.5 Å². The molecule has 4 rings (SSSR count). The molecule has 1 aliphatic rings. The summed E-state index contributed by atoms with van der Waals surface area (Å²) in [7, 11) is 0. The fraction of sp³-hybridized carbons (Fsp3) is 0.310. The predicted octanol–water partition coefficient (Wildman–Crippen LogP) is 6.94. The zero-order valence-corrected chi connectivity index (χ0v) is 20.2. The van der Waals surface area contributed by atoms with E-state index in [-0.39, 0.29) is 11.6 Å². The minimum atomic E-state index is -4.66. The molecule has 3 aromatic rings. The Morgan fingerprint density at radius 2 is 1.58 bits per heavy atom. The Kier molecular flexibility index (Phi) is 7.20. The average molecular weight is 496 g/mol. The summed E-state index contributed by atoms with van der Waals surface area (Å²) in [5.41, 5.74) is 3.23. The second-order valence-electron chi connectivity index (χ2n) is 9.49. The first-order chi connectivity index (χ1) is 17.0. The van der Waals surface area contributed by atoms with Crippen molar-refractivity contribution in [2.45, 2.75) is 51.6 Å². The summed E-state index contributed by atoms with van der Waals surface area (Å²) in [6, 6.07) is 17.5. The van der Waals surface area contributed by atoms with Crippen molar-refractivity contribution in [3.8, 4) is 0 Å². The van der Waals surface area contributed by atoms with Gasteiger partial charge in [0, 0.05) is 5.56 Å². The van der Waals surface area contributed by atoms with E-state index in [0.717, 1.165) is 30.9 Å². The molecule has 0 aromatic heterocycles. The van der Waals surface area contributed by atoms with Gasteiger partial charge in [-0.2, -0.15) is 13.2 Å². The third-order valence-electron chi connectivity index (χ3n) is 6.73. The van der Waals surface area contributed by atoms with Gasteiger partial charge in [-0.05, 0) is 85.4 Å². The Bertz CT molecular complexity index is 1260. The molecule has 0 bridgehead atoms. The molecule has 0 saturated heterocycles. The van der Waals surface area contributed by atoms with Gasteiger partial charge in [-0.3, -0.25) is 9.59 Å². The fourth-order valence-corrected chi connectivity index (χ4v) is 4.86. The summed E-state index contributed by atoms with van der Waals surface area (Å²) in [4.78, 5) is 24.4. The highest BCUT2D eigenvalue weighted by molar-refractivity contribution is 6.06. The monoisotopic (exact) mass is 495 g/mol. The van der Waals surface area contributed by atoms with Gasteiger partial charge in [0.1, 0.15) is 0 Å². The van der Waals surface area contributed by atoms with Crippen molar-refractivity contribution < 1.29 is 27.9 Å². The van der Waals surface area contributed by atoms with Gasteiger partial charge in [-0.15, -0.1) is 0 Å². The van der Waals surface area contributed by atoms with E-state index in [1.807, 2.05) is 30.3 Å². The number of nitrogens with one attached hydrogen (secondary N) is 1. The standard InChI is InChI=1S/C29H28F3NO3/c1-17-13-20(10-6-9-19-7-4-3-5-8-19)14-18(2)26(17)27(34)33-25-15-21(22-16-23(22)28(35)36)11-12-24(25)29(30,31)32/h3-5,7-8,11-15,22-23H,6,9-10,16H2,1-2H3,(H,33,34)(H,35,36)/t22-,23-/m1/s1. The van der Waals surface area contributed by atoms with Crippen LogP contribution in [-0.4, -0.2) is 17.0 Å². The van der Waals surface area contributed by atoms with E-state index in [1.165, 1.54) is 17.7 Å². The maximum atomic E-state index is 13.7. The van der Waals surface area contributed by atoms with E-state index in [4.69, 9.17) is 0 Å². The third-order valence-corrected chi connectivity index (χ3v) is 6.73. The molecule has 2 atom stereocenters. The minimum Gasteiger partial charge on any atom is -0.481 e. The molecule has 0 radical (unpaired) electrons. The number of alkyl halides is 3. The number of halogens is 3. The third kappa shape index (κ3) is 5.78. The first-order valence-corrected chi connectivity index (χ1v) is 11.9. The Morgan fingerprint density at radius 3 is 2.17 bits per heavy atom. The molecule has 1 aliphatic carbocycles. The van der Waals surface area contributed by atoms with Gasteiger partial charge >= 0.3 is 12.1 Å². The number of rotatable bonds is 8. The second kappa shape index (κ2) is 10.2. The maximum Gasteiger partial charge on any atom is 0.418 e. The predicted molar refractivity (Wildman–Crippen MR) is 132 cm³/mol. The largest absolute Gasteiger partial charge is 0.481 e. The van der Waals surface area contributed by atoms with Crippen LogP contribution in [0.3, 0.4) is 0 Å².